The molecule has 0 N–H and O–H groups in total. The summed E-state index contributed by atoms with van der Waals surface area (Å²) in [5.41, 5.74) is 5.16. The first kappa shape index (κ1) is 39.6. The van der Waals surface area contributed by atoms with Crippen LogP contribution in [0.3, 0.4) is 0 Å². The Hall–Kier alpha value is -5.65. The number of nitriles is 3. The van der Waals surface area contributed by atoms with Crippen LogP contribution in [0, 0.1) is 34.5 Å². The monoisotopic (exact) mass is 785 g/mol. The maximum absolute atomic E-state index is 12.8. The highest BCUT2D eigenvalue weighted by atomic mass is 79.9. The lowest BCUT2D eigenvalue weighted by Crippen LogP contribution is -2.50. The third-order valence-electron chi connectivity index (χ3n) is 10.0. The van der Waals surface area contributed by atoms with E-state index in [0.717, 1.165) is 45.8 Å². The zero-order chi connectivity index (χ0) is 39.0. The molecule has 54 heavy (non-hydrogen) atoms. The van der Waals surface area contributed by atoms with Gasteiger partial charge in [0.25, 0.3) is 0 Å². The number of anilines is 4. The smallest absolute Gasteiger partial charge is 0.399 e. The van der Waals surface area contributed by atoms with Crippen molar-refractivity contribution in [3.8, 4) is 18.7 Å². The van der Waals surface area contributed by atoms with Gasteiger partial charge in [0, 0.05) is 60.0 Å². The minimum absolute atomic E-state index is 0.0500. The standard InChI is InChI=1S/C23H26BN3O3.C17H14BrN3O.CHN/c1-22(2)23(3,4)30-24(29-22)18-7-11-20(12-8-18)27-14-13-26(16-21(27)28)19-9-5-17(15-25)6-10-19;18-14-3-7-16(8-4-14)21-10-9-20(12-17(21)22)15-5-1-13(11-19)2-6-15;1-2/h5-12H,13-14,16H2,1-4H3;1-8H,9-10,12H2;1H. The molecule has 0 spiro atoms. The fraction of sp³-hybridized carbons (Fsp3) is 0.293. The van der Waals surface area contributed by atoms with Crippen molar-refractivity contribution in [3.05, 3.63) is 113 Å². The van der Waals surface area contributed by atoms with Gasteiger partial charge in [0.2, 0.25) is 11.8 Å². The lowest BCUT2D eigenvalue weighted by molar-refractivity contribution is -0.118. The van der Waals surface area contributed by atoms with Gasteiger partial charge in [-0.2, -0.15) is 10.5 Å². The van der Waals surface area contributed by atoms with E-state index < -0.39 is 7.12 Å². The van der Waals surface area contributed by atoms with Crippen LogP contribution in [-0.4, -0.2) is 69.4 Å². The summed E-state index contributed by atoms with van der Waals surface area (Å²) in [6.45, 7) is 15.1. The number of hydrogen-bond donors (Lipinski definition) is 0. The third-order valence-corrected chi connectivity index (χ3v) is 10.6. The first-order valence-electron chi connectivity index (χ1n) is 17.5. The highest BCUT2D eigenvalue weighted by Gasteiger charge is 2.51. The summed E-state index contributed by atoms with van der Waals surface area (Å²) in [6, 6.07) is 34.5. The Morgan fingerprint density at radius 1 is 0.593 bits per heavy atom. The average molecular weight is 787 g/mol. The van der Waals surface area contributed by atoms with Gasteiger partial charge in [-0.15, -0.1) is 0 Å². The number of amides is 2. The van der Waals surface area contributed by atoms with Crippen LogP contribution in [0.25, 0.3) is 0 Å². The zero-order valence-electron chi connectivity index (χ0n) is 30.8. The van der Waals surface area contributed by atoms with Crippen LogP contribution < -0.4 is 25.1 Å². The van der Waals surface area contributed by atoms with Crippen molar-refractivity contribution in [2.24, 2.45) is 0 Å². The topological polar surface area (TPSA) is 137 Å². The molecule has 3 heterocycles. The first-order valence-corrected chi connectivity index (χ1v) is 18.2. The summed E-state index contributed by atoms with van der Waals surface area (Å²) < 4.78 is 13.2. The minimum Gasteiger partial charge on any atom is -0.399 e. The molecule has 4 aromatic rings. The van der Waals surface area contributed by atoms with Crippen molar-refractivity contribution in [2.75, 3.05) is 58.9 Å². The van der Waals surface area contributed by atoms with Gasteiger partial charge in [0.05, 0.1) is 47.6 Å². The zero-order valence-corrected chi connectivity index (χ0v) is 32.4. The number of nitrogens with zero attached hydrogens (tertiary/aromatic N) is 7. The second-order valence-electron chi connectivity index (χ2n) is 13.9. The number of piperazine rings is 2. The van der Waals surface area contributed by atoms with Gasteiger partial charge >= 0.3 is 7.12 Å². The Bertz CT molecular complexity index is 2030. The molecule has 0 unspecified atom stereocenters. The fourth-order valence-electron chi connectivity index (χ4n) is 6.24. The van der Waals surface area contributed by atoms with Crippen LogP contribution >= 0.6 is 15.9 Å². The molecular formula is C41H41BBrN7O4. The molecule has 0 aromatic heterocycles. The second-order valence-corrected chi connectivity index (χ2v) is 14.8. The molecule has 3 saturated heterocycles. The normalized spacial score (nSPS) is 17.4. The van der Waals surface area contributed by atoms with Crippen molar-refractivity contribution in [1.82, 2.24) is 0 Å². The van der Waals surface area contributed by atoms with Crippen LogP contribution in [0.4, 0.5) is 22.7 Å². The number of halogens is 1. The summed E-state index contributed by atoms with van der Waals surface area (Å²) in [5.74, 6) is 0.131. The molecule has 3 aliphatic rings. The Morgan fingerprint density at radius 3 is 1.30 bits per heavy atom. The molecule has 3 fully saturated rings. The maximum atomic E-state index is 12.8. The Morgan fingerprint density at radius 2 is 0.944 bits per heavy atom. The molecule has 0 aliphatic carbocycles. The van der Waals surface area contributed by atoms with Crippen LogP contribution in [0.2, 0.25) is 0 Å². The molecule has 7 rings (SSSR count). The van der Waals surface area contributed by atoms with Crippen molar-refractivity contribution in [2.45, 2.75) is 38.9 Å². The number of rotatable bonds is 5. The van der Waals surface area contributed by atoms with Crippen molar-refractivity contribution < 1.29 is 18.9 Å². The van der Waals surface area contributed by atoms with Crippen LogP contribution in [0.1, 0.15) is 38.8 Å². The van der Waals surface area contributed by atoms with E-state index in [9.17, 15) is 9.59 Å². The maximum Gasteiger partial charge on any atom is 0.494 e. The molecule has 0 atom stereocenters. The third kappa shape index (κ3) is 8.93. The van der Waals surface area contributed by atoms with E-state index in [4.69, 9.17) is 25.1 Å². The van der Waals surface area contributed by atoms with Crippen LogP contribution in [0.15, 0.2) is 102 Å². The van der Waals surface area contributed by atoms with Crippen molar-refractivity contribution >= 4 is 63.1 Å². The Labute approximate surface area is 325 Å². The quantitative estimate of drug-likeness (QED) is 0.223. The van der Waals surface area contributed by atoms with E-state index in [-0.39, 0.29) is 23.0 Å². The highest BCUT2D eigenvalue weighted by molar-refractivity contribution is 9.10. The van der Waals surface area contributed by atoms with Crippen molar-refractivity contribution in [1.29, 1.82) is 15.8 Å². The molecule has 3 aliphatic heterocycles. The lowest BCUT2D eigenvalue weighted by Gasteiger charge is -2.35. The number of carbonyl (C=O) groups is 2. The number of hydrogen-bond acceptors (Lipinski definition) is 9. The van der Waals surface area contributed by atoms with Crippen LogP contribution in [-0.2, 0) is 18.9 Å². The largest absolute Gasteiger partial charge is 0.494 e. The van der Waals surface area contributed by atoms with Gasteiger partial charge in [0.15, 0.2) is 0 Å². The lowest BCUT2D eigenvalue weighted by atomic mass is 9.79. The number of benzene rings is 4. The van der Waals surface area contributed by atoms with Gasteiger partial charge in [-0.25, -0.2) is 5.26 Å². The predicted molar refractivity (Wildman–Crippen MR) is 214 cm³/mol. The Kier molecular flexibility index (Phi) is 12.5. The van der Waals surface area contributed by atoms with Gasteiger partial charge in [-0.3, -0.25) is 9.59 Å². The Balaban J connectivity index is 0.000000207. The molecule has 2 amide bonds. The molecule has 4 aromatic carbocycles. The first-order chi connectivity index (χ1) is 25.9. The number of carbonyl (C=O) groups excluding carboxylic acids is 2. The van der Waals surface area contributed by atoms with E-state index in [1.165, 1.54) is 0 Å². The molecule has 11 nitrogen and oxygen atoms in total. The minimum atomic E-state index is -0.409. The van der Waals surface area contributed by atoms with Gasteiger partial charge in [-0.1, -0.05) is 28.1 Å². The fourth-order valence-corrected chi connectivity index (χ4v) is 6.50. The molecule has 0 bridgehead atoms. The summed E-state index contributed by atoms with van der Waals surface area (Å²) in [5, 5.41) is 24.3. The van der Waals surface area contributed by atoms with E-state index in [1.807, 2.05) is 120 Å². The van der Waals surface area contributed by atoms with Gasteiger partial charge in [0.1, 0.15) is 0 Å². The second kappa shape index (κ2) is 17.0. The average Bonchev–Trinajstić information content (AvgIpc) is 3.42. The molecule has 0 saturated carbocycles. The van der Waals surface area contributed by atoms with E-state index >= 15 is 0 Å². The van der Waals surface area contributed by atoms with Crippen molar-refractivity contribution in [3.63, 3.8) is 0 Å². The van der Waals surface area contributed by atoms with E-state index in [2.05, 4.69) is 34.6 Å². The highest BCUT2D eigenvalue weighted by Crippen LogP contribution is 2.36. The summed E-state index contributed by atoms with van der Waals surface area (Å²) in [4.78, 5) is 32.9. The molecular weight excluding hydrogens is 745 g/mol. The summed E-state index contributed by atoms with van der Waals surface area (Å²) >= 11 is 3.40. The van der Waals surface area contributed by atoms with Gasteiger partial charge < -0.3 is 28.9 Å². The van der Waals surface area contributed by atoms with E-state index in [1.54, 1.807) is 24.3 Å². The van der Waals surface area contributed by atoms with Crippen LogP contribution in [0.5, 0.6) is 0 Å². The molecule has 13 heteroatoms. The molecule has 0 radical (unpaired) electrons. The van der Waals surface area contributed by atoms with Gasteiger partial charge in [-0.05, 0) is 118 Å². The van der Waals surface area contributed by atoms with E-state index in [0.29, 0.717) is 37.3 Å². The predicted octanol–water partition coefficient (Wildman–Crippen LogP) is 6.02. The summed E-state index contributed by atoms with van der Waals surface area (Å²) in [6.07, 6.45) is 0. The SMILES string of the molecule is C#N.CC1(C)OB(c2ccc(N3CCN(c4ccc(C#N)cc4)CC3=O)cc2)OC1(C)C.N#Cc1ccc(N2CCN(c3ccc(Br)cc3)C(=O)C2)cc1. The summed E-state index contributed by atoms with van der Waals surface area (Å²) in [7, 11) is -0.409. The molecule has 274 valence electrons.